The van der Waals surface area contributed by atoms with E-state index in [0.717, 1.165) is 11.1 Å². The molecule has 0 radical (unpaired) electrons. The Bertz CT molecular complexity index is 540. The fourth-order valence-electron chi connectivity index (χ4n) is 1.82. The lowest BCUT2D eigenvalue weighted by Gasteiger charge is -2.14. The molecule has 0 saturated carbocycles. The van der Waals surface area contributed by atoms with Gasteiger partial charge in [0.25, 0.3) is 0 Å². The van der Waals surface area contributed by atoms with Crippen LogP contribution in [0.5, 0.6) is 0 Å². The second-order valence-electron chi connectivity index (χ2n) is 4.37. The SMILES string of the molecule is C[C@@H](NC(=O)Cc1ccc(F)cc1)c1ccncc1. The van der Waals surface area contributed by atoms with Crippen molar-refractivity contribution in [3.63, 3.8) is 0 Å². The quantitative estimate of drug-likeness (QED) is 0.916. The summed E-state index contributed by atoms with van der Waals surface area (Å²) in [6.45, 7) is 1.91. The van der Waals surface area contributed by atoms with Crippen LogP contribution in [-0.2, 0) is 11.2 Å². The summed E-state index contributed by atoms with van der Waals surface area (Å²) in [6.07, 6.45) is 3.63. The third-order valence-corrected chi connectivity index (χ3v) is 2.86. The number of pyridine rings is 1. The van der Waals surface area contributed by atoms with Crippen LogP contribution in [-0.4, -0.2) is 10.9 Å². The van der Waals surface area contributed by atoms with E-state index in [4.69, 9.17) is 0 Å². The second kappa shape index (κ2) is 6.09. The van der Waals surface area contributed by atoms with Gasteiger partial charge in [-0.25, -0.2) is 4.39 Å². The molecule has 0 aliphatic carbocycles. The summed E-state index contributed by atoms with van der Waals surface area (Å²) in [4.78, 5) is 15.8. The topological polar surface area (TPSA) is 42.0 Å². The molecule has 0 fully saturated rings. The first-order valence-corrected chi connectivity index (χ1v) is 6.09. The van der Waals surface area contributed by atoms with Gasteiger partial charge >= 0.3 is 0 Å². The van der Waals surface area contributed by atoms with Crippen LogP contribution in [0.4, 0.5) is 4.39 Å². The minimum absolute atomic E-state index is 0.0732. The van der Waals surface area contributed by atoms with Crippen LogP contribution in [0.3, 0.4) is 0 Å². The summed E-state index contributed by atoms with van der Waals surface area (Å²) < 4.78 is 12.7. The molecule has 1 atom stereocenters. The van der Waals surface area contributed by atoms with Crippen molar-refractivity contribution in [2.24, 2.45) is 0 Å². The fourth-order valence-corrected chi connectivity index (χ4v) is 1.82. The first-order valence-electron chi connectivity index (χ1n) is 6.09. The van der Waals surface area contributed by atoms with E-state index in [0.29, 0.717) is 0 Å². The zero-order valence-electron chi connectivity index (χ0n) is 10.6. The van der Waals surface area contributed by atoms with Crippen molar-refractivity contribution in [3.05, 3.63) is 65.7 Å². The Labute approximate surface area is 111 Å². The van der Waals surface area contributed by atoms with Crippen LogP contribution >= 0.6 is 0 Å². The molecule has 1 amide bonds. The van der Waals surface area contributed by atoms with E-state index >= 15 is 0 Å². The van der Waals surface area contributed by atoms with E-state index in [1.165, 1.54) is 12.1 Å². The smallest absolute Gasteiger partial charge is 0.224 e. The predicted molar refractivity (Wildman–Crippen MR) is 70.9 cm³/mol. The minimum Gasteiger partial charge on any atom is -0.349 e. The zero-order valence-corrected chi connectivity index (χ0v) is 10.6. The molecule has 2 aromatic rings. The molecule has 1 N–H and O–H groups in total. The van der Waals surface area contributed by atoms with Gasteiger partial charge in [-0.3, -0.25) is 9.78 Å². The van der Waals surface area contributed by atoms with Crippen molar-refractivity contribution >= 4 is 5.91 Å². The molecular formula is C15H15FN2O. The lowest BCUT2D eigenvalue weighted by atomic mass is 10.1. The van der Waals surface area contributed by atoms with Crippen molar-refractivity contribution in [2.45, 2.75) is 19.4 Å². The number of amides is 1. The number of benzene rings is 1. The van der Waals surface area contributed by atoms with Gasteiger partial charge in [-0.2, -0.15) is 0 Å². The van der Waals surface area contributed by atoms with Gasteiger partial charge in [-0.1, -0.05) is 12.1 Å². The first-order chi connectivity index (χ1) is 9.15. The molecule has 98 valence electrons. The van der Waals surface area contributed by atoms with Gasteiger partial charge in [0.2, 0.25) is 5.91 Å². The van der Waals surface area contributed by atoms with Crippen molar-refractivity contribution < 1.29 is 9.18 Å². The molecule has 0 aliphatic heterocycles. The Morgan fingerprint density at radius 2 is 1.84 bits per heavy atom. The predicted octanol–water partition coefficient (Wildman–Crippen LogP) is 2.64. The van der Waals surface area contributed by atoms with E-state index in [1.54, 1.807) is 24.5 Å². The number of carbonyl (C=O) groups excluding carboxylic acids is 1. The monoisotopic (exact) mass is 258 g/mol. The Morgan fingerprint density at radius 3 is 2.47 bits per heavy atom. The molecular weight excluding hydrogens is 243 g/mol. The van der Waals surface area contributed by atoms with Gasteiger partial charge in [0.05, 0.1) is 12.5 Å². The highest BCUT2D eigenvalue weighted by Gasteiger charge is 2.09. The molecule has 0 saturated heterocycles. The Balaban J connectivity index is 1.93. The summed E-state index contributed by atoms with van der Waals surface area (Å²) >= 11 is 0. The molecule has 3 nitrogen and oxygen atoms in total. The van der Waals surface area contributed by atoms with Crippen LogP contribution in [0.25, 0.3) is 0 Å². The summed E-state index contributed by atoms with van der Waals surface area (Å²) in [5.74, 6) is -0.384. The third-order valence-electron chi connectivity index (χ3n) is 2.86. The molecule has 0 unspecified atom stereocenters. The second-order valence-corrected chi connectivity index (χ2v) is 4.37. The molecule has 1 aromatic carbocycles. The molecule has 4 heteroatoms. The summed E-state index contributed by atoms with van der Waals surface area (Å²) in [5, 5.41) is 2.90. The highest BCUT2D eigenvalue weighted by molar-refractivity contribution is 5.78. The number of hydrogen-bond donors (Lipinski definition) is 1. The van der Waals surface area contributed by atoms with Gasteiger partial charge < -0.3 is 5.32 Å². The highest BCUT2D eigenvalue weighted by atomic mass is 19.1. The van der Waals surface area contributed by atoms with Crippen molar-refractivity contribution in [1.82, 2.24) is 10.3 Å². The average molecular weight is 258 g/mol. The molecule has 1 aromatic heterocycles. The Hall–Kier alpha value is -2.23. The normalized spacial score (nSPS) is 11.9. The average Bonchev–Trinajstić information content (AvgIpc) is 2.42. The van der Waals surface area contributed by atoms with E-state index in [1.807, 2.05) is 19.1 Å². The van der Waals surface area contributed by atoms with E-state index in [-0.39, 0.29) is 24.2 Å². The van der Waals surface area contributed by atoms with Crippen molar-refractivity contribution in [3.8, 4) is 0 Å². The number of nitrogens with zero attached hydrogens (tertiary/aromatic N) is 1. The summed E-state index contributed by atoms with van der Waals surface area (Å²) in [5.41, 5.74) is 1.79. The van der Waals surface area contributed by atoms with Crippen molar-refractivity contribution in [1.29, 1.82) is 0 Å². The zero-order chi connectivity index (χ0) is 13.7. The lowest BCUT2D eigenvalue weighted by Crippen LogP contribution is -2.28. The van der Waals surface area contributed by atoms with Crippen LogP contribution in [0, 0.1) is 5.82 Å². The molecule has 0 bridgehead atoms. The number of halogens is 1. The summed E-state index contributed by atoms with van der Waals surface area (Å²) in [7, 11) is 0. The number of rotatable bonds is 4. The molecule has 0 spiro atoms. The largest absolute Gasteiger partial charge is 0.349 e. The number of aromatic nitrogens is 1. The molecule has 2 rings (SSSR count). The minimum atomic E-state index is -0.297. The maximum Gasteiger partial charge on any atom is 0.224 e. The Morgan fingerprint density at radius 1 is 1.21 bits per heavy atom. The van der Waals surface area contributed by atoms with Gasteiger partial charge in [-0.15, -0.1) is 0 Å². The fraction of sp³-hybridized carbons (Fsp3) is 0.200. The Kier molecular flexibility index (Phi) is 4.23. The molecule has 19 heavy (non-hydrogen) atoms. The maximum absolute atomic E-state index is 12.7. The number of hydrogen-bond acceptors (Lipinski definition) is 2. The summed E-state index contributed by atoms with van der Waals surface area (Å²) in [6, 6.07) is 9.60. The van der Waals surface area contributed by atoms with Crippen LogP contribution < -0.4 is 5.32 Å². The number of carbonyl (C=O) groups is 1. The lowest BCUT2D eigenvalue weighted by molar-refractivity contribution is -0.121. The van der Waals surface area contributed by atoms with E-state index in [9.17, 15) is 9.18 Å². The van der Waals surface area contributed by atoms with E-state index < -0.39 is 0 Å². The standard InChI is InChI=1S/C15H15FN2O/c1-11(13-6-8-17-9-7-13)18-15(19)10-12-2-4-14(16)5-3-12/h2-9,11H,10H2,1H3,(H,18,19)/t11-/m1/s1. The van der Waals surface area contributed by atoms with Gasteiger partial charge in [0.1, 0.15) is 5.82 Å². The van der Waals surface area contributed by atoms with Crippen LogP contribution in [0.15, 0.2) is 48.8 Å². The van der Waals surface area contributed by atoms with E-state index in [2.05, 4.69) is 10.3 Å². The van der Waals surface area contributed by atoms with Gasteiger partial charge in [0.15, 0.2) is 0 Å². The maximum atomic E-state index is 12.7. The first kappa shape index (κ1) is 13.2. The van der Waals surface area contributed by atoms with Crippen LogP contribution in [0.2, 0.25) is 0 Å². The highest BCUT2D eigenvalue weighted by Crippen LogP contribution is 2.11. The van der Waals surface area contributed by atoms with Crippen LogP contribution in [0.1, 0.15) is 24.1 Å². The van der Waals surface area contributed by atoms with Gasteiger partial charge in [0, 0.05) is 12.4 Å². The van der Waals surface area contributed by atoms with Crippen molar-refractivity contribution in [2.75, 3.05) is 0 Å². The molecule has 1 heterocycles. The van der Waals surface area contributed by atoms with Gasteiger partial charge in [-0.05, 0) is 42.3 Å². The molecule has 0 aliphatic rings. The third kappa shape index (κ3) is 3.88. The number of nitrogens with one attached hydrogen (secondary N) is 1.